The third kappa shape index (κ3) is 2.96. The minimum atomic E-state index is 0.0326. The predicted octanol–water partition coefficient (Wildman–Crippen LogP) is 3.29. The normalized spacial score (nSPS) is 28.2. The first kappa shape index (κ1) is 14.8. The van der Waals surface area contributed by atoms with Gasteiger partial charge in [0.1, 0.15) is 0 Å². The second-order valence-electron chi connectivity index (χ2n) is 6.80. The Balaban J connectivity index is 2.10. The second kappa shape index (κ2) is 5.82. The molecule has 2 rings (SSSR count). The maximum absolute atomic E-state index is 12.7. The molecule has 1 N–H and O–H groups in total. The van der Waals surface area contributed by atoms with Gasteiger partial charge in [-0.15, -0.1) is 0 Å². The van der Waals surface area contributed by atoms with Crippen molar-refractivity contribution >= 4 is 5.91 Å². The Bertz CT molecular complexity index is 323. The number of carbonyl (C=O) groups excluding carboxylic acids is 1. The van der Waals surface area contributed by atoms with Gasteiger partial charge in [0.05, 0.1) is 12.2 Å². The number of nitrogens with one attached hydrogen (secondary N) is 1. The number of rotatable bonds is 7. The van der Waals surface area contributed by atoms with Gasteiger partial charge in [-0.2, -0.15) is 0 Å². The van der Waals surface area contributed by atoms with E-state index in [-0.39, 0.29) is 17.7 Å². The summed E-state index contributed by atoms with van der Waals surface area (Å²) in [7, 11) is 0. The Morgan fingerprint density at radius 3 is 2.42 bits per heavy atom. The van der Waals surface area contributed by atoms with Crippen LogP contribution in [-0.4, -0.2) is 28.6 Å². The first-order chi connectivity index (χ1) is 9.02. The highest BCUT2D eigenvalue weighted by atomic mass is 16.2. The standard InChI is InChI=1S/C16H30N2O/c1-5-7-9-13-15(19)18(14(17-13)8-6-2)16(3,4)12-10-11-12/h12-14,17H,5-11H2,1-4H3. The molecule has 3 nitrogen and oxygen atoms in total. The topological polar surface area (TPSA) is 32.3 Å². The van der Waals surface area contributed by atoms with Crippen molar-refractivity contribution in [3.05, 3.63) is 0 Å². The summed E-state index contributed by atoms with van der Waals surface area (Å²) in [6, 6.07) is 0.0644. The molecule has 1 heterocycles. The van der Waals surface area contributed by atoms with E-state index in [4.69, 9.17) is 0 Å². The van der Waals surface area contributed by atoms with Gasteiger partial charge in [-0.05, 0) is 45.4 Å². The van der Waals surface area contributed by atoms with E-state index >= 15 is 0 Å². The average molecular weight is 266 g/mol. The van der Waals surface area contributed by atoms with E-state index in [0.29, 0.717) is 11.8 Å². The molecule has 2 fully saturated rings. The van der Waals surface area contributed by atoms with Crippen molar-refractivity contribution in [1.82, 2.24) is 10.2 Å². The third-order valence-electron chi connectivity index (χ3n) is 4.85. The Morgan fingerprint density at radius 2 is 1.89 bits per heavy atom. The fourth-order valence-electron chi connectivity index (χ4n) is 3.47. The van der Waals surface area contributed by atoms with Crippen LogP contribution < -0.4 is 5.32 Å². The highest BCUT2D eigenvalue weighted by Gasteiger charge is 2.51. The lowest BCUT2D eigenvalue weighted by molar-refractivity contribution is -0.136. The van der Waals surface area contributed by atoms with E-state index < -0.39 is 0 Å². The summed E-state index contributed by atoms with van der Waals surface area (Å²) in [5.74, 6) is 1.06. The van der Waals surface area contributed by atoms with Crippen molar-refractivity contribution in [1.29, 1.82) is 0 Å². The van der Waals surface area contributed by atoms with E-state index in [0.717, 1.165) is 32.1 Å². The molecule has 1 saturated carbocycles. The highest BCUT2D eigenvalue weighted by Crippen LogP contribution is 2.45. The number of hydrogen-bond donors (Lipinski definition) is 1. The van der Waals surface area contributed by atoms with Crippen LogP contribution in [0.15, 0.2) is 0 Å². The molecular weight excluding hydrogens is 236 g/mol. The Hall–Kier alpha value is -0.570. The van der Waals surface area contributed by atoms with Crippen molar-refractivity contribution in [3.63, 3.8) is 0 Å². The average Bonchev–Trinajstić information content (AvgIpc) is 3.14. The van der Waals surface area contributed by atoms with Crippen molar-refractivity contribution in [3.8, 4) is 0 Å². The Labute approximate surface area is 118 Å². The van der Waals surface area contributed by atoms with E-state index in [1.807, 2.05) is 0 Å². The number of carbonyl (C=O) groups is 1. The van der Waals surface area contributed by atoms with Crippen LogP contribution in [0.3, 0.4) is 0 Å². The van der Waals surface area contributed by atoms with Gasteiger partial charge in [0, 0.05) is 5.54 Å². The highest BCUT2D eigenvalue weighted by molar-refractivity contribution is 5.85. The molecule has 19 heavy (non-hydrogen) atoms. The zero-order valence-electron chi connectivity index (χ0n) is 13.0. The summed E-state index contributed by atoms with van der Waals surface area (Å²) in [5.41, 5.74) is 0.0326. The maximum atomic E-state index is 12.7. The van der Waals surface area contributed by atoms with Crippen LogP contribution in [0.25, 0.3) is 0 Å². The zero-order valence-corrected chi connectivity index (χ0v) is 13.0. The van der Waals surface area contributed by atoms with Crippen LogP contribution in [0.1, 0.15) is 72.6 Å². The molecule has 1 aliphatic carbocycles. The molecular formula is C16H30N2O. The fraction of sp³-hybridized carbons (Fsp3) is 0.938. The molecule has 1 amide bonds. The molecule has 2 atom stereocenters. The van der Waals surface area contributed by atoms with Gasteiger partial charge in [-0.25, -0.2) is 0 Å². The lowest BCUT2D eigenvalue weighted by Crippen LogP contribution is -2.52. The Morgan fingerprint density at radius 1 is 1.21 bits per heavy atom. The molecule has 0 radical (unpaired) electrons. The molecule has 2 aliphatic rings. The van der Waals surface area contributed by atoms with Crippen molar-refractivity contribution in [2.45, 2.75) is 90.4 Å². The lowest BCUT2D eigenvalue weighted by Gasteiger charge is -2.40. The van der Waals surface area contributed by atoms with Gasteiger partial charge in [0.15, 0.2) is 0 Å². The molecule has 110 valence electrons. The first-order valence-corrected chi connectivity index (χ1v) is 8.11. The lowest BCUT2D eigenvalue weighted by atomic mass is 9.94. The van der Waals surface area contributed by atoms with Crippen molar-refractivity contribution in [2.24, 2.45) is 5.92 Å². The van der Waals surface area contributed by atoms with Crippen LogP contribution in [-0.2, 0) is 4.79 Å². The van der Waals surface area contributed by atoms with Gasteiger partial charge in [-0.3, -0.25) is 10.1 Å². The summed E-state index contributed by atoms with van der Waals surface area (Å²) in [6.45, 7) is 8.91. The van der Waals surface area contributed by atoms with Gasteiger partial charge in [0.2, 0.25) is 5.91 Å². The first-order valence-electron chi connectivity index (χ1n) is 8.11. The molecule has 2 unspecified atom stereocenters. The summed E-state index contributed by atoms with van der Waals surface area (Å²) >= 11 is 0. The van der Waals surface area contributed by atoms with Gasteiger partial charge in [-0.1, -0.05) is 33.1 Å². The van der Waals surface area contributed by atoms with Crippen LogP contribution >= 0.6 is 0 Å². The predicted molar refractivity (Wildman–Crippen MR) is 78.8 cm³/mol. The summed E-state index contributed by atoms with van der Waals surface area (Å²) in [5, 5.41) is 3.59. The van der Waals surface area contributed by atoms with E-state index in [9.17, 15) is 4.79 Å². The quantitative estimate of drug-likeness (QED) is 0.767. The fourth-order valence-corrected chi connectivity index (χ4v) is 3.47. The van der Waals surface area contributed by atoms with E-state index in [1.54, 1.807) is 0 Å². The van der Waals surface area contributed by atoms with E-state index in [2.05, 4.69) is 37.9 Å². The summed E-state index contributed by atoms with van der Waals surface area (Å²) in [6.07, 6.45) is 8.33. The monoisotopic (exact) mass is 266 g/mol. The molecule has 0 bridgehead atoms. The SMILES string of the molecule is CCCCC1NC(CCC)N(C(C)(C)C2CC2)C1=O. The molecule has 1 saturated heterocycles. The number of nitrogens with zero attached hydrogens (tertiary/aromatic N) is 1. The second-order valence-corrected chi connectivity index (χ2v) is 6.80. The van der Waals surface area contributed by atoms with Crippen molar-refractivity contribution in [2.75, 3.05) is 0 Å². The minimum absolute atomic E-state index is 0.0326. The summed E-state index contributed by atoms with van der Waals surface area (Å²) in [4.78, 5) is 14.9. The van der Waals surface area contributed by atoms with E-state index in [1.165, 1.54) is 12.8 Å². The number of unbranched alkanes of at least 4 members (excludes halogenated alkanes) is 1. The number of hydrogen-bond acceptors (Lipinski definition) is 2. The Kier molecular flexibility index (Phi) is 4.54. The zero-order chi connectivity index (χ0) is 14.0. The van der Waals surface area contributed by atoms with Crippen molar-refractivity contribution < 1.29 is 4.79 Å². The van der Waals surface area contributed by atoms with Gasteiger partial charge < -0.3 is 4.90 Å². The van der Waals surface area contributed by atoms with Crippen LogP contribution in [0.2, 0.25) is 0 Å². The van der Waals surface area contributed by atoms with Gasteiger partial charge >= 0.3 is 0 Å². The molecule has 3 heteroatoms. The largest absolute Gasteiger partial charge is 0.320 e. The van der Waals surface area contributed by atoms with Crippen LogP contribution in [0, 0.1) is 5.92 Å². The molecule has 1 aliphatic heterocycles. The third-order valence-corrected chi connectivity index (χ3v) is 4.85. The van der Waals surface area contributed by atoms with Gasteiger partial charge in [0.25, 0.3) is 0 Å². The smallest absolute Gasteiger partial charge is 0.241 e. The molecule has 0 aromatic heterocycles. The maximum Gasteiger partial charge on any atom is 0.241 e. The number of amides is 1. The molecule has 0 aromatic rings. The molecule has 0 aromatic carbocycles. The molecule has 0 spiro atoms. The summed E-state index contributed by atoms with van der Waals surface area (Å²) < 4.78 is 0. The minimum Gasteiger partial charge on any atom is -0.320 e. The van der Waals surface area contributed by atoms with Crippen LogP contribution in [0.5, 0.6) is 0 Å². The van der Waals surface area contributed by atoms with Crippen LogP contribution in [0.4, 0.5) is 0 Å².